The number of hydrogen-bond acceptors (Lipinski definition) is 3. The Morgan fingerprint density at radius 1 is 1.28 bits per heavy atom. The lowest BCUT2D eigenvalue weighted by Gasteiger charge is -2.28. The minimum atomic E-state index is -0.533. The van der Waals surface area contributed by atoms with Gasteiger partial charge in [0.25, 0.3) is 0 Å². The summed E-state index contributed by atoms with van der Waals surface area (Å²) in [5.74, 6) is -0.385. The molecule has 1 aliphatic rings. The fourth-order valence-corrected chi connectivity index (χ4v) is 2.11. The summed E-state index contributed by atoms with van der Waals surface area (Å²) in [7, 11) is 0. The van der Waals surface area contributed by atoms with E-state index in [-0.39, 0.29) is 11.8 Å². The zero-order valence-electron chi connectivity index (χ0n) is 10.8. The summed E-state index contributed by atoms with van der Waals surface area (Å²) in [6, 6.07) is 5.43. The lowest BCUT2D eigenvalue weighted by Crippen LogP contribution is -2.50. The van der Waals surface area contributed by atoms with E-state index in [1.807, 2.05) is 32.0 Å². The van der Waals surface area contributed by atoms with Gasteiger partial charge in [0.15, 0.2) is 0 Å². The van der Waals surface area contributed by atoms with Gasteiger partial charge < -0.3 is 5.73 Å². The number of nitrogens with two attached hydrogens (primary N) is 1. The van der Waals surface area contributed by atoms with Gasteiger partial charge >= 0.3 is 0 Å². The van der Waals surface area contributed by atoms with E-state index in [1.165, 1.54) is 10.5 Å². The maximum atomic E-state index is 11.9. The predicted molar refractivity (Wildman–Crippen MR) is 68.7 cm³/mol. The normalized spacial score (nSPS) is 20.4. The van der Waals surface area contributed by atoms with Gasteiger partial charge in [-0.3, -0.25) is 14.5 Å². The Labute approximate surface area is 107 Å². The first kappa shape index (κ1) is 12.8. The Balaban J connectivity index is 2.18. The van der Waals surface area contributed by atoms with Crippen LogP contribution in [0, 0.1) is 13.8 Å². The SMILES string of the molecule is Cc1ccc(CN2C(=O)CCC(N)C2=O)cc1C. The topological polar surface area (TPSA) is 63.4 Å². The van der Waals surface area contributed by atoms with Crippen molar-refractivity contribution in [1.29, 1.82) is 0 Å². The summed E-state index contributed by atoms with van der Waals surface area (Å²) < 4.78 is 0. The number of likely N-dealkylation sites (tertiary alicyclic amines) is 1. The van der Waals surface area contributed by atoms with Crippen LogP contribution in [0.2, 0.25) is 0 Å². The van der Waals surface area contributed by atoms with Gasteiger partial charge in [0, 0.05) is 6.42 Å². The fourth-order valence-electron chi connectivity index (χ4n) is 2.11. The number of imide groups is 1. The van der Waals surface area contributed by atoms with Crippen molar-refractivity contribution in [1.82, 2.24) is 4.90 Å². The minimum absolute atomic E-state index is 0.125. The Kier molecular flexibility index (Phi) is 3.48. The Morgan fingerprint density at radius 3 is 2.67 bits per heavy atom. The average molecular weight is 246 g/mol. The fraction of sp³-hybridized carbons (Fsp3) is 0.429. The average Bonchev–Trinajstić information content (AvgIpc) is 2.34. The first-order valence-corrected chi connectivity index (χ1v) is 6.15. The molecule has 1 saturated heterocycles. The van der Waals surface area contributed by atoms with Crippen molar-refractivity contribution >= 4 is 11.8 Å². The van der Waals surface area contributed by atoms with E-state index in [1.54, 1.807) is 0 Å². The molecule has 2 N–H and O–H groups in total. The van der Waals surface area contributed by atoms with Gasteiger partial charge in [-0.05, 0) is 37.0 Å². The highest BCUT2D eigenvalue weighted by atomic mass is 16.2. The number of aryl methyl sites for hydroxylation is 2. The highest BCUT2D eigenvalue weighted by molar-refractivity contribution is 6.00. The van der Waals surface area contributed by atoms with E-state index < -0.39 is 6.04 Å². The molecular formula is C14H18N2O2. The van der Waals surface area contributed by atoms with Crippen molar-refractivity contribution in [3.05, 3.63) is 34.9 Å². The maximum absolute atomic E-state index is 11.9. The molecule has 1 aromatic rings. The second-order valence-electron chi connectivity index (χ2n) is 4.88. The van der Waals surface area contributed by atoms with Crippen molar-refractivity contribution in [3.63, 3.8) is 0 Å². The lowest BCUT2D eigenvalue weighted by atomic mass is 10.0. The second-order valence-corrected chi connectivity index (χ2v) is 4.88. The molecule has 1 aliphatic heterocycles. The molecule has 96 valence electrons. The minimum Gasteiger partial charge on any atom is -0.320 e. The molecule has 2 rings (SSSR count). The van der Waals surface area contributed by atoms with Crippen LogP contribution in [0.3, 0.4) is 0 Å². The largest absolute Gasteiger partial charge is 0.320 e. The van der Waals surface area contributed by atoms with Crippen molar-refractivity contribution in [2.45, 2.75) is 39.3 Å². The summed E-state index contributed by atoms with van der Waals surface area (Å²) in [4.78, 5) is 24.9. The zero-order valence-corrected chi connectivity index (χ0v) is 10.8. The smallest absolute Gasteiger partial charge is 0.246 e. The number of carbonyl (C=O) groups excluding carboxylic acids is 2. The standard InChI is InChI=1S/C14H18N2O2/c1-9-3-4-11(7-10(9)2)8-16-13(17)6-5-12(15)14(16)18/h3-4,7,12H,5-6,8,15H2,1-2H3. The van der Waals surface area contributed by atoms with Crippen LogP contribution in [0.25, 0.3) is 0 Å². The van der Waals surface area contributed by atoms with Gasteiger partial charge in [-0.15, -0.1) is 0 Å². The Bertz CT molecular complexity index is 497. The first-order valence-electron chi connectivity index (χ1n) is 6.15. The van der Waals surface area contributed by atoms with Crippen molar-refractivity contribution in [2.24, 2.45) is 5.73 Å². The second kappa shape index (κ2) is 4.90. The van der Waals surface area contributed by atoms with Gasteiger partial charge in [0.2, 0.25) is 11.8 Å². The predicted octanol–water partition coefficient (Wildman–Crippen LogP) is 1.28. The van der Waals surface area contributed by atoms with E-state index in [4.69, 9.17) is 5.73 Å². The molecule has 1 atom stereocenters. The van der Waals surface area contributed by atoms with Crippen LogP contribution in [0.5, 0.6) is 0 Å². The zero-order chi connectivity index (χ0) is 13.3. The molecule has 0 bridgehead atoms. The monoisotopic (exact) mass is 246 g/mol. The molecule has 4 heteroatoms. The molecule has 1 unspecified atom stereocenters. The summed E-state index contributed by atoms with van der Waals surface area (Å²) in [6.45, 7) is 4.38. The number of amides is 2. The van der Waals surface area contributed by atoms with E-state index in [9.17, 15) is 9.59 Å². The van der Waals surface area contributed by atoms with Gasteiger partial charge in [-0.1, -0.05) is 18.2 Å². The number of hydrogen-bond donors (Lipinski definition) is 1. The van der Waals surface area contributed by atoms with Gasteiger partial charge in [0.1, 0.15) is 0 Å². The molecule has 2 amide bonds. The number of carbonyl (C=O) groups is 2. The number of rotatable bonds is 2. The molecule has 0 aromatic heterocycles. The van der Waals surface area contributed by atoms with Crippen molar-refractivity contribution in [2.75, 3.05) is 0 Å². The van der Waals surface area contributed by atoms with Crippen molar-refractivity contribution in [3.8, 4) is 0 Å². The summed E-state index contributed by atoms with van der Waals surface area (Å²) >= 11 is 0. The molecule has 1 fully saturated rings. The van der Waals surface area contributed by atoms with E-state index in [0.717, 1.165) is 11.1 Å². The summed E-state index contributed by atoms with van der Waals surface area (Å²) in [5.41, 5.74) is 9.02. The van der Waals surface area contributed by atoms with Crippen LogP contribution in [0.1, 0.15) is 29.5 Å². The van der Waals surface area contributed by atoms with E-state index >= 15 is 0 Å². The third-order valence-corrected chi connectivity index (χ3v) is 3.47. The molecule has 0 spiro atoms. The molecule has 0 saturated carbocycles. The van der Waals surface area contributed by atoms with Gasteiger partial charge in [0.05, 0.1) is 12.6 Å². The van der Waals surface area contributed by atoms with Gasteiger partial charge in [-0.2, -0.15) is 0 Å². The molecule has 4 nitrogen and oxygen atoms in total. The van der Waals surface area contributed by atoms with Gasteiger partial charge in [-0.25, -0.2) is 0 Å². The van der Waals surface area contributed by atoms with Crippen LogP contribution >= 0.6 is 0 Å². The summed E-state index contributed by atoms with van der Waals surface area (Å²) in [5, 5.41) is 0. The van der Waals surface area contributed by atoms with Crippen LogP contribution < -0.4 is 5.73 Å². The summed E-state index contributed by atoms with van der Waals surface area (Å²) in [6.07, 6.45) is 0.818. The van der Waals surface area contributed by atoms with Crippen LogP contribution in [0.4, 0.5) is 0 Å². The molecule has 0 radical (unpaired) electrons. The molecule has 18 heavy (non-hydrogen) atoms. The highest BCUT2D eigenvalue weighted by Crippen LogP contribution is 2.17. The Hall–Kier alpha value is -1.68. The maximum Gasteiger partial charge on any atom is 0.246 e. The lowest BCUT2D eigenvalue weighted by molar-refractivity contribution is -0.149. The third-order valence-electron chi connectivity index (χ3n) is 3.47. The quantitative estimate of drug-likeness (QED) is 0.799. The Morgan fingerprint density at radius 2 is 2.00 bits per heavy atom. The van der Waals surface area contributed by atoms with Crippen LogP contribution in [0.15, 0.2) is 18.2 Å². The number of benzene rings is 1. The molecule has 1 aromatic carbocycles. The molecular weight excluding hydrogens is 228 g/mol. The molecule has 1 heterocycles. The highest BCUT2D eigenvalue weighted by Gasteiger charge is 2.31. The number of nitrogens with zero attached hydrogens (tertiary/aromatic N) is 1. The van der Waals surface area contributed by atoms with E-state index in [2.05, 4.69) is 0 Å². The van der Waals surface area contributed by atoms with Crippen LogP contribution in [-0.4, -0.2) is 22.8 Å². The van der Waals surface area contributed by atoms with Crippen molar-refractivity contribution < 1.29 is 9.59 Å². The van der Waals surface area contributed by atoms with Crippen LogP contribution in [-0.2, 0) is 16.1 Å². The number of piperidine rings is 1. The third kappa shape index (κ3) is 2.43. The van der Waals surface area contributed by atoms with E-state index in [0.29, 0.717) is 19.4 Å². The molecule has 0 aliphatic carbocycles. The first-order chi connectivity index (χ1) is 8.49.